The molecule has 1 aromatic heterocycles. The third-order valence-electron chi connectivity index (χ3n) is 4.86. The molecule has 0 radical (unpaired) electrons. The maximum Gasteiger partial charge on any atom is 0.128 e. The molecule has 5 heteroatoms. The Balaban J connectivity index is 1.89. The highest BCUT2D eigenvalue weighted by molar-refractivity contribution is 6.30. The Kier molecular flexibility index (Phi) is 5.36. The van der Waals surface area contributed by atoms with Crippen LogP contribution in [0.1, 0.15) is 42.1 Å². The summed E-state index contributed by atoms with van der Waals surface area (Å²) >= 11 is 5.98. The molecule has 24 heavy (non-hydrogen) atoms. The highest BCUT2D eigenvalue weighted by Gasteiger charge is 2.24. The second-order valence-corrected chi connectivity index (χ2v) is 7.01. The van der Waals surface area contributed by atoms with Gasteiger partial charge in [0.05, 0.1) is 17.3 Å². The fourth-order valence-corrected chi connectivity index (χ4v) is 3.77. The van der Waals surface area contributed by atoms with Gasteiger partial charge in [0.1, 0.15) is 6.29 Å². The molecule has 2 heterocycles. The van der Waals surface area contributed by atoms with Crippen LogP contribution in [-0.4, -0.2) is 40.6 Å². The maximum absolute atomic E-state index is 11.8. The van der Waals surface area contributed by atoms with E-state index in [0.717, 1.165) is 48.6 Å². The summed E-state index contributed by atoms with van der Waals surface area (Å²) in [5, 5.41) is 5.37. The van der Waals surface area contributed by atoms with Crippen LogP contribution in [0.15, 0.2) is 24.3 Å². The van der Waals surface area contributed by atoms with Crippen molar-refractivity contribution in [3.8, 4) is 5.69 Å². The first-order valence-electron chi connectivity index (χ1n) is 8.60. The molecule has 1 atom stereocenters. The molecule has 128 valence electrons. The molecule has 1 fully saturated rings. The number of likely N-dealkylation sites (tertiary alicyclic amines) is 1. The van der Waals surface area contributed by atoms with Crippen LogP contribution in [-0.2, 0) is 4.79 Å². The van der Waals surface area contributed by atoms with Gasteiger partial charge in [-0.15, -0.1) is 0 Å². The lowest BCUT2D eigenvalue weighted by Gasteiger charge is -2.28. The van der Waals surface area contributed by atoms with E-state index in [0.29, 0.717) is 5.02 Å². The average Bonchev–Trinajstić information content (AvgIpc) is 2.89. The van der Waals surface area contributed by atoms with Crippen molar-refractivity contribution >= 4 is 17.9 Å². The lowest BCUT2D eigenvalue weighted by molar-refractivity contribution is -0.109. The first-order chi connectivity index (χ1) is 11.6. The van der Waals surface area contributed by atoms with E-state index in [1.165, 1.54) is 19.3 Å². The maximum atomic E-state index is 11.8. The normalized spacial score (nSPS) is 17.0. The zero-order valence-corrected chi connectivity index (χ0v) is 15.1. The number of halogens is 1. The van der Waals surface area contributed by atoms with Gasteiger partial charge in [-0.05, 0) is 64.0 Å². The van der Waals surface area contributed by atoms with Gasteiger partial charge >= 0.3 is 0 Å². The lowest BCUT2D eigenvalue weighted by atomic mass is 9.97. The number of aldehydes is 1. The molecule has 1 aromatic carbocycles. The van der Waals surface area contributed by atoms with E-state index < -0.39 is 0 Å². The molecule has 0 spiro atoms. The molecule has 0 N–H and O–H groups in total. The Labute approximate surface area is 148 Å². The van der Waals surface area contributed by atoms with Gasteiger partial charge in [-0.3, -0.25) is 0 Å². The highest BCUT2D eigenvalue weighted by Crippen LogP contribution is 2.26. The third kappa shape index (κ3) is 3.55. The number of hydrogen-bond donors (Lipinski definition) is 0. The third-order valence-corrected chi connectivity index (χ3v) is 5.11. The summed E-state index contributed by atoms with van der Waals surface area (Å²) in [7, 11) is 0. The van der Waals surface area contributed by atoms with Crippen molar-refractivity contribution in [1.29, 1.82) is 0 Å². The van der Waals surface area contributed by atoms with Crippen LogP contribution in [0.3, 0.4) is 0 Å². The Morgan fingerprint density at radius 3 is 2.46 bits per heavy atom. The standard InChI is InChI=1S/C19H24ClN3O/c1-14-19(16(13-24)12-22-10-4-3-5-11-22)15(2)23(21-14)18-8-6-17(20)7-9-18/h6-9,13,16H,3-5,10-12H2,1-2H3. The molecular weight excluding hydrogens is 322 g/mol. The molecule has 4 nitrogen and oxygen atoms in total. The Morgan fingerprint density at radius 1 is 1.17 bits per heavy atom. The molecule has 1 aliphatic heterocycles. The number of aromatic nitrogens is 2. The number of hydrogen-bond acceptors (Lipinski definition) is 3. The number of benzene rings is 1. The second-order valence-electron chi connectivity index (χ2n) is 6.58. The quantitative estimate of drug-likeness (QED) is 0.771. The van der Waals surface area contributed by atoms with Gasteiger partial charge in [0.25, 0.3) is 0 Å². The molecular formula is C19H24ClN3O. The van der Waals surface area contributed by atoms with Crippen molar-refractivity contribution in [2.75, 3.05) is 19.6 Å². The monoisotopic (exact) mass is 345 g/mol. The van der Waals surface area contributed by atoms with Crippen LogP contribution in [0, 0.1) is 13.8 Å². The predicted octanol–water partition coefficient (Wildman–Crippen LogP) is 3.91. The van der Waals surface area contributed by atoms with E-state index in [1.54, 1.807) is 0 Å². The van der Waals surface area contributed by atoms with Crippen molar-refractivity contribution in [2.45, 2.75) is 39.0 Å². The van der Waals surface area contributed by atoms with Crippen molar-refractivity contribution in [3.05, 3.63) is 46.2 Å². The van der Waals surface area contributed by atoms with Gasteiger partial charge in [0.2, 0.25) is 0 Å². The van der Waals surface area contributed by atoms with E-state index in [9.17, 15) is 4.79 Å². The first-order valence-corrected chi connectivity index (χ1v) is 8.97. The fraction of sp³-hybridized carbons (Fsp3) is 0.474. The van der Waals surface area contributed by atoms with Crippen molar-refractivity contribution < 1.29 is 4.79 Å². The Morgan fingerprint density at radius 2 is 1.83 bits per heavy atom. The van der Waals surface area contributed by atoms with Crippen LogP contribution in [0.25, 0.3) is 5.69 Å². The van der Waals surface area contributed by atoms with Crippen LogP contribution >= 0.6 is 11.6 Å². The van der Waals surface area contributed by atoms with E-state index in [-0.39, 0.29) is 5.92 Å². The van der Waals surface area contributed by atoms with Gasteiger partial charge < -0.3 is 9.69 Å². The average molecular weight is 346 g/mol. The summed E-state index contributed by atoms with van der Waals surface area (Å²) in [4.78, 5) is 14.2. The minimum atomic E-state index is -0.121. The fourth-order valence-electron chi connectivity index (χ4n) is 3.65. The summed E-state index contributed by atoms with van der Waals surface area (Å²) in [6.45, 7) is 7.00. The molecule has 2 aromatic rings. The minimum Gasteiger partial charge on any atom is -0.303 e. The minimum absolute atomic E-state index is 0.121. The lowest BCUT2D eigenvalue weighted by Crippen LogP contribution is -2.34. The Bertz CT molecular complexity index is 702. The summed E-state index contributed by atoms with van der Waals surface area (Å²) in [6, 6.07) is 7.62. The second kappa shape index (κ2) is 7.49. The van der Waals surface area contributed by atoms with E-state index in [2.05, 4.69) is 10.00 Å². The number of rotatable bonds is 5. The first kappa shape index (κ1) is 17.2. The van der Waals surface area contributed by atoms with E-state index >= 15 is 0 Å². The van der Waals surface area contributed by atoms with Crippen LogP contribution < -0.4 is 0 Å². The van der Waals surface area contributed by atoms with Crippen molar-refractivity contribution in [2.24, 2.45) is 0 Å². The van der Waals surface area contributed by atoms with Crippen LogP contribution in [0.2, 0.25) is 5.02 Å². The van der Waals surface area contributed by atoms with Gasteiger partial charge in [-0.25, -0.2) is 4.68 Å². The predicted molar refractivity (Wildman–Crippen MR) is 97.1 cm³/mol. The highest BCUT2D eigenvalue weighted by atomic mass is 35.5. The van der Waals surface area contributed by atoms with Crippen molar-refractivity contribution in [1.82, 2.24) is 14.7 Å². The zero-order valence-electron chi connectivity index (χ0n) is 14.3. The summed E-state index contributed by atoms with van der Waals surface area (Å²) < 4.78 is 1.91. The number of carbonyl (C=O) groups excluding carboxylic acids is 1. The number of carbonyl (C=O) groups is 1. The van der Waals surface area contributed by atoms with Gasteiger partial charge in [-0.2, -0.15) is 5.10 Å². The number of aryl methyl sites for hydroxylation is 1. The smallest absolute Gasteiger partial charge is 0.128 e. The van der Waals surface area contributed by atoms with Crippen molar-refractivity contribution in [3.63, 3.8) is 0 Å². The SMILES string of the molecule is Cc1nn(-c2ccc(Cl)cc2)c(C)c1C(C=O)CN1CCCCC1. The molecule has 0 saturated carbocycles. The molecule has 3 rings (SSSR count). The summed E-state index contributed by atoms with van der Waals surface area (Å²) in [5.74, 6) is -0.121. The van der Waals surface area contributed by atoms with Crippen LogP contribution in [0.5, 0.6) is 0 Å². The van der Waals surface area contributed by atoms with Gasteiger partial charge in [0.15, 0.2) is 0 Å². The molecule has 0 amide bonds. The van der Waals surface area contributed by atoms with Gasteiger partial charge in [0, 0.05) is 22.8 Å². The number of piperidine rings is 1. The van der Waals surface area contributed by atoms with E-state index in [4.69, 9.17) is 11.6 Å². The summed E-state index contributed by atoms with van der Waals surface area (Å²) in [5.41, 5.74) is 3.99. The molecule has 0 bridgehead atoms. The van der Waals surface area contributed by atoms with E-state index in [1.807, 2.05) is 42.8 Å². The van der Waals surface area contributed by atoms with Crippen LogP contribution in [0.4, 0.5) is 0 Å². The molecule has 1 unspecified atom stereocenters. The molecule has 1 aliphatic rings. The van der Waals surface area contributed by atoms with Gasteiger partial charge in [-0.1, -0.05) is 18.0 Å². The molecule has 1 saturated heterocycles. The number of nitrogens with zero attached hydrogens (tertiary/aromatic N) is 3. The molecule has 0 aliphatic carbocycles. The Hall–Kier alpha value is -1.65. The zero-order chi connectivity index (χ0) is 17.1. The topological polar surface area (TPSA) is 38.1 Å². The summed E-state index contributed by atoms with van der Waals surface area (Å²) in [6.07, 6.45) is 4.84. The largest absolute Gasteiger partial charge is 0.303 e.